The van der Waals surface area contributed by atoms with E-state index >= 15 is 0 Å². The summed E-state index contributed by atoms with van der Waals surface area (Å²) in [6, 6.07) is 5.01. The zero-order valence-corrected chi connectivity index (χ0v) is 13.9. The van der Waals surface area contributed by atoms with Crippen LogP contribution < -0.4 is 5.32 Å². The van der Waals surface area contributed by atoms with Crippen LogP contribution in [0.2, 0.25) is 0 Å². The van der Waals surface area contributed by atoms with Gasteiger partial charge in [0.2, 0.25) is 0 Å². The van der Waals surface area contributed by atoms with Crippen LogP contribution in [0.1, 0.15) is 24.8 Å². The van der Waals surface area contributed by atoms with Crippen molar-refractivity contribution in [1.82, 2.24) is 10.2 Å². The molecule has 0 aromatic heterocycles. The number of hydrogen-bond acceptors (Lipinski definition) is 2. The first-order valence-electron chi connectivity index (χ1n) is 7.04. The highest BCUT2D eigenvalue weighted by Gasteiger charge is 2.38. The van der Waals surface area contributed by atoms with Crippen LogP contribution in [0.3, 0.4) is 0 Å². The second-order valence-corrected chi connectivity index (χ2v) is 6.80. The van der Waals surface area contributed by atoms with Crippen molar-refractivity contribution in [3.63, 3.8) is 0 Å². The molecule has 1 spiro atoms. The fourth-order valence-corrected chi connectivity index (χ4v) is 3.89. The summed E-state index contributed by atoms with van der Waals surface area (Å²) < 4.78 is 14.0. The molecule has 0 unspecified atom stereocenters. The summed E-state index contributed by atoms with van der Waals surface area (Å²) in [5, 5.41) is 3.45. The number of nitrogens with zero attached hydrogens (tertiary/aromatic N) is 1. The second kappa shape index (κ2) is 6.73. The van der Waals surface area contributed by atoms with Gasteiger partial charge >= 0.3 is 0 Å². The third kappa shape index (κ3) is 3.53. The van der Waals surface area contributed by atoms with E-state index in [-0.39, 0.29) is 18.2 Å². The van der Waals surface area contributed by atoms with Crippen molar-refractivity contribution in [2.24, 2.45) is 5.41 Å². The minimum Gasteiger partial charge on any atom is -0.317 e. The molecule has 2 heterocycles. The maximum absolute atomic E-state index is 13.1. The van der Waals surface area contributed by atoms with E-state index in [1.807, 2.05) is 6.07 Å². The molecule has 2 nitrogen and oxygen atoms in total. The standard InChI is InChI=1S/C15H20BrFN2.ClH/c16-14-9-13(17)2-1-12(14)10-19-8-5-15(11-19)3-6-18-7-4-15;/h1-2,9,18H,3-8,10-11H2;1H. The molecule has 20 heavy (non-hydrogen) atoms. The van der Waals surface area contributed by atoms with E-state index in [9.17, 15) is 4.39 Å². The largest absolute Gasteiger partial charge is 0.317 e. The van der Waals surface area contributed by atoms with Crippen LogP contribution in [0.25, 0.3) is 0 Å². The fourth-order valence-electron chi connectivity index (χ4n) is 3.42. The zero-order chi connectivity index (χ0) is 13.3. The molecule has 1 aromatic carbocycles. The van der Waals surface area contributed by atoms with Crippen molar-refractivity contribution in [1.29, 1.82) is 0 Å². The molecule has 0 aliphatic carbocycles. The summed E-state index contributed by atoms with van der Waals surface area (Å²) >= 11 is 3.47. The van der Waals surface area contributed by atoms with Crippen molar-refractivity contribution < 1.29 is 4.39 Å². The van der Waals surface area contributed by atoms with Gasteiger partial charge in [-0.3, -0.25) is 4.90 Å². The van der Waals surface area contributed by atoms with Crippen molar-refractivity contribution in [2.45, 2.75) is 25.8 Å². The summed E-state index contributed by atoms with van der Waals surface area (Å²) in [5.41, 5.74) is 1.73. The van der Waals surface area contributed by atoms with Crippen LogP contribution >= 0.6 is 28.3 Å². The maximum Gasteiger partial charge on any atom is 0.124 e. The highest BCUT2D eigenvalue weighted by atomic mass is 79.9. The van der Waals surface area contributed by atoms with E-state index in [2.05, 4.69) is 26.1 Å². The summed E-state index contributed by atoms with van der Waals surface area (Å²) in [6.07, 6.45) is 3.91. The van der Waals surface area contributed by atoms with Gasteiger partial charge in [-0.25, -0.2) is 4.39 Å². The monoisotopic (exact) mass is 362 g/mol. The molecular weight excluding hydrogens is 343 g/mol. The van der Waals surface area contributed by atoms with Crippen molar-refractivity contribution in [2.75, 3.05) is 26.2 Å². The zero-order valence-electron chi connectivity index (χ0n) is 11.5. The number of hydrogen-bond donors (Lipinski definition) is 1. The third-order valence-corrected chi connectivity index (χ3v) is 5.33. The Bertz CT molecular complexity index is 463. The average molecular weight is 364 g/mol. The lowest BCUT2D eigenvalue weighted by Gasteiger charge is -2.34. The third-order valence-electron chi connectivity index (χ3n) is 4.59. The van der Waals surface area contributed by atoms with Gasteiger partial charge in [-0.2, -0.15) is 0 Å². The molecule has 2 aliphatic heterocycles. The van der Waals surface area contributed by atoms with Gasteiger partial charge < -0.3 is 5.32 Å². The van der Waals surface area contributed by atoms with Crippen LogP contribution in [-0.4, -0.2) is 31.1 Å². The molecule has 2 aliphatic rings. The van der Waals surface area contributed by atoms with E-state index < -0.39 is 0 Å². The molecule has 1 aromatic rings. The molecule has 112 valence electrons. The van der Waals surface area contributed by atoms with Gasteiger partial charge in [0.25, 0.3) is 0 Å². The molecule has 1 N–H and O–H groups in total. The van der Waals surface area contributed by atoms with Crippen LogP contribution in [-0.2, 0) is 6.54 Å². The van der Waals surface area contributed by atoms with Gasteiger partial charge in [0, 0.05) is 17.6 Å². The second-order valence-electron chi connectivity index (χ2n) is 5.95. The molecule has 2 saturated heterocycles. The molecular formula is C15H21BrClFN2. The SMILES string of the molecule is Cl.Fc1ccc(CN2CCC3(CCNCC3)C2)c(Br)c1. The van der Waals surface area contributed by atoms with E-state index in [1.54, 1.807) is 12.1 Å². The Kier molecular flexibility index (Phi) is 5.46. The van der Waals surface area contributed by atoms with Crippen LogP contribution in [0.4, 0.5) is 4.39 Å². The number of benzene rings is 1. The van der Waals surface area contributed by atoms with Gasteiger partial charge in [-0.05, 0) is 62.0 Å². The molecule has 0 saturated carbocycles. The predicted octanol–water partition coefficient (Wildman–Crippen LogP) is 3.59. The van der Waals surface area contributed by atoms with Gasteiger partial charge in [0.15, 0.2) is 0 Å². The first-order chi connectivity index (χ1) is 9.17. The Labute approximate surface area is 134 Å². The summed E-state index contributed by atoms with van der Waals surface area (Å²) in [5.74, 6) is -0.174. The fraction of sp³-hybridized carbons (Fsp3) is 0.600. The number of halogens is 3. The number of piperidine rings is 1. The first kappa shape index (κ1) is 16.2. The predicted molar refractivity (Wildman–Crippen MR) is 85.8 cm³/mol. The Hall–Kier alpha value is -0.160. The molecule has 5 heteroatoms. The number of likely N-dealkylation sites (tertiary alicyclic amines) is 1. The van der Waals surface area contributed by atoms with Crippen LogP contribution in [0.15, 0.2) is 22.7 Å². The lowest BCUT2D eigenvalue weighted by atomic mass is 9.78. The Morgan fingerprint density at radius 1 is 1.25 bits per heavy atom. The maximum atomic E-state index is 13.1. The summed E-state index contributed by atoms with van der Waals surface area (Å²) in [7, 11) is 0. The van der Waals surface area contributed by atoms with E-state index in [0.717, 1.165) is 24.1 Å². The van der Waals surface area contributed by atoms with Gasteiger partial charge in [-0.15, -0.1) is 12.4 Å². The number of nitrogens with one attached hydrogen (secondary N) is 1. The lowest BCUT2D eigenvalue weighted by Crippen LogP contribution is -2.38. The topological polar surface area (TPSA) is 15.3 Å². The molecule has 0 radical (unpaired) electrons. The van der Waals surface area contributed by atoms with Crippen molar-refractivity contribution in [3.8, 4) is 0 Å². The lowest BCUT2D eigenvalue weighted by molar-refractivity contribution is 0.194. The smallest absolute Gasteiger partial charge is 0.124 e. The van der Waals surface area contributed by atoms with Gasteiger partial charge in [0.1, 0.15) is 5.82 Å². The van der Waals surface area contributed by atoms with Crippen molar-refractivity contribution in [3.05, 3.63) is 34.1 Å². The Balaban J connectivity index is 0.00000147. The number of rotatable bonds is 2. The highest BCUT2D eigenvalue weighted by Crippen LogP contribution is 2.39. The normalized spacial score (nSPS) is 21.9. The molecule has 0 amide bonds. The minimum atomic E-state index is -0.174. The van der Waals surface area contributed by atoms with E-state index in [1.165, 1.54) is 37.9 Å². The molecule has 3 rings (SSSR count). The highest BCUT2D eigenvalue weighted by molar-refractivity contribution is 9.10. The molecule has 2 fully saturated rings. The summed E-state index contributed by atoms with van der Waals surface area (Å²) in [6.45, 7) is 5.61. The van der Waals surface area contributed by atoms with Crippen LogP contribution in [0, 0.1) is 11.2 Å². The quantitative estimate of drug-likeness (QED) is 0.864. The van der Waals surface area contributed by atoms with Crippen LogP contribution in [0.5, 0.6) is 0 Å². The summed E-state index contributed by atoms with van der Waals surface area (Å²) in [4.78, 5) is 2.52. The van der Waals surface area contributed by atoms with E-state index in [0.29, 0.717) is 5.41 Å². The van der Waals surface area contributed by atoms with Crippen molar-refractivity contribution >= 4 is 28.3 Å². The minimum absolute atomic E-state index is 0. The van der Waals surface area contributed by atoms with Gasteiger partial charge in [0.05, 0.1) is 0 Å². The van der Waals surface area contributed by atoms with E-state index in [4.69, 9.17) is 0 Å². The molecule has 0 atom stereocenters. The Morgan fingerprint density at radius 2 is 2.00 bits per heavy atom. The van der Waals surface area contributed by atoms with Gasteiger partial charge in [-0.1, -0.05) is 22.0 Å². The Morgan fingerprint density at radius 3 is 2.70 bits per heavy atom. The first-order valence-corrected chi connectivity index (χ1v) is 7.83. The average Bonchev–Trinajstić information content (AvgIpc) is 2.77. The molecule has 0 bridgehead atoms.